The van der Waals surface area contributed by atoms with E-state index < -0.39 is 22.5 Å². The molecule has 0 aliphatic heterocycles. The minimum atomic E-state index is -3.68. The number of fused-ring (bicyclic) bond motifs is 1. The number of esters is 1. The summed E-state index contributed by atoms with van der Waals surface area (Å²) in [6, 6.07) is 14.7. The van der Waals surface area contributed by atoms with Crippen LogP contribution in [0.15, 0.2) is 42.5 Å². The molecule has 0 fully saturated rings. The van der Waals surface area contributed by atoms with Crippen molar-refractivity contribution in [1.29, 1.82) is 5.26 Å². The van der Waals surface area contributed by atoms with Crippen molar-refractivity contribution < 1.29 is 17.9 Å². The lowest BCUT2D eigenvalue weighted by Crippen LogP contribution is -2.35. The van der Waals surface area contributed by atoms with E-state index in [0.717, 1.165) is 33.9 Å². The van der Waals surface area contributed by atoms with E-state index in [-0.39, 0.29) is 6.61 Å². The second-order valence-corrected chi connectivity index (χ2v) is 9.05. The molecule has 3 rings (SSSR count). The summed E-state index contributed by atoms with van der Waals surface area (Å²) in [5.74, 6) is 0.241. The van der Waals surface area contributed by atoms with E-state index in [9.17, 15) is 13.2 Å². The van der Waals surface area contributed by atoms with Gasteiger partial charge in [-0.2, -0.15) is 5.26 Å². The second-order valence-electron chi connectivity index (χ2n) is 7.14. The Kier molecular flexibility index (Phi) is 6.61. The number of nitrogens with zero attached hydrogens (tertiary/aromatic N) is 4. The Morgan fingerprint density at radius 2 is 1.90 bits per heavy atom. The molecule has 0 aliphatic carbocycles. The van der Waals surface area contributed by atoms with Gasteiger partial charge in [0.1, 0.15) is 12.4 Å². The molecule has 0 aliphatic rings. The smallest absolute Gasteiger partial charge is 0.326 e. The molecule has 0 saturated heterocycles. The number of aromatic nitrogens is 2. The van der Waals surface area contributed by atoms with Crippen molar-refractivity contribution in [3.63, 3.8) is 0 Å². The number of carbonyl (C=O) groups is 1. The summed E-state index contributed by atoms with van der Waals surface area (Å²) in [6.07, 6.45) is 2.50. The summed E-state index contributed by atoms with van der Waals surface area (Å²) in [4.78, 5) is 16.6. The lowest BCUT2D eigenvalue weighted by atomic mass is 10.1. The van der Waals surface area contributed by atoms with E-state index in [1.165, 1.54) is 0 Å². The first-order valence-electron chi connectivity index (χ1n) is 9.80. The van der Waals surface area contributed by atoms with Crippen LogP contribution in [-0.2, 0) is 39.4 Å². The standard InChI is InChI=1S/C22H24N4O4S/c1-4-30-22(27)15-26(31(3,28)29)18-10-11-20-19(13-18)24-21(25(20)2)12-9-16-5-7-17(14-23)8-6-16/h5-8,10-11,13H,4,9,12,15H2,1-3H3. The molecular formula is C22H24N4O4S. The van der Waals surface area contributed by atoms with E-state index in [2.05, 4.69) is 11.1 Å². The van der Waals surface area contributed by atoms with Gasteiger partial charge >= 0.3 is 5.97 Å². The molecule has 0 spiro atoms. The summed E-state index contributed by atoms with van der Waals surface area (Å²) >= 11 is 0. The van der Waals surface area contributed by atoms with E-state index in [1.807, 2.05) is 23.7 Å². The Hall–Kier alpha value is -3.38. The molecule has 31 heavy (non-hydrogen) atoms. The zero-order valence-corrected chi connectivity index (χ0v) is 18.5. The highest BCUT2D eigenvalue weighted by atomic mass is 32.2. The van der Waals surface area contributed by atoms with Crippen LogP contribution in [0.3, 0.4) is 0 Å². The number of ether oxygens (including phenoxy) is 1. The van der Waals surface area contributed by atoms with E-state index in [0.29, 0.717) is 23.2 Å². The van der Waals surface area contributed by atoms with Gasteiger partial charge in [0, 0.05) is 13.5 Å². The fourth-order valence-corrected chi connectivity index (χ4v) is 4.18. The number of hydrogen-bond donors (Lipinski definition) is 0. The summed E-state index contributed by atoms with van der Waals surface area (Å²) in [6.45, 7) is 1.46. The van der Waals surface area contributed by atoms with Gasteiger partial charge in [0.25, 0.3) is 0 Å². The van der Waals surface area contributed by atoms with Crippen LogP contribution in [0.25, 0.3) is 11.0 Å². The molecule has 0 amide bonds. The molecule has 0 saturated carbocycles. The van der Waals surface area contributed by atoms with Crippen LogP contribution in [0.1, 0.15) is 23.9 Å². The first kappa shape index (κ1) is 22.3. The quantitative estimate of drug-likeness (QED) is 0.499. The van der Waals surface area contributed by atoms with Crippen molar-refractivity contribution in [1.82, 2.24) is 9.55 Å². The lowest BCUT2D eigenvalue weighted by molar-refractivity contribution is -0.141. The predicted molar refractivity (Wildman–Crippen MR) is 118 cm³/mol. The third kappa shape index (κ3) is 5.22. The van der Waals surface area contributed by atoms with Gasteiger partial charge in [-0.25, -0.2) is 13.4 Å². The van der Waals surface area contributed by atoms with Gasteiger partial charge in [-0.05, 0) is 49.2 Å². The average Bonchev–Trinajstić information content (AvgIpc) is 3.05. The van der Waals surface area contributed by atoms with Crippen molar-refractivity contribution in [2.24, 2.45) is 7.05 Å². The zero-order valence-electron chi connectivity index (χ0n) is 17.7. The molecule has 0 bridgehead atoms. The first-order valence-corrected chi connectivity index (χ1v) is 11.7. The largest absolute Gasteiger partial charge is 0.465 e. The van der Waals surface area contributed by atoms with E-state index >= 15 is 0 Å². The number of carbonyl (C=O) groups excluding carboxylic acids is 1. The lowest BCUT2D eigenvalue weighted by Gasteiger charge is -2.21. The SMILES string of the molecule is CCOC(=O)CN(c1ccc2c(c1)nc(CCc1ccc(C#N)cc1)n2C)S(C)(=O)=O. The Balaban J connectivity index is 1.86. The highest BCUT2D eigenvalue weighted by Gasteiger charge is 2.22. The molecule has 8 nitrogen and oxygen atoms in total. The number of hydrogen-bond acceptors (Lipinski definition) is 6. The molecule has 0 atom stereocenters. The number of nitriles is 1. The summed E-state index contributed by atoms with van der Waals surface area (Å²) in [5, 5.41) is 8.91. The number of imidazole rings is 1. The van der Waals surface area contributed by atoms with Crippen LogP contribution in [0, 0.1) is 11.3 Å². The molecule has 1 heterocycles. The predicted octanol–water partition coefficient (Wildman–Crippen LogP) is 2.56. The van der Waals surface area contributed by atoms with Crippen LogP contribution in [-0.4, -0.2) is 43.3 Å². The van der Waals surface area contributed by atoms with Crippen LogP contribution in [0.2, 0.25) is 0 Å². The monoisotopic (exact) mass is 440 g/mol. The molecule has 2 aromatic carbocycles. The van der Waals surface area contributed by atoms with Crippen LogP contribution < -0.4 is 4.31 Å². The van der Waals surface area contributed by atoms with Crippen molar-refractivity contribution in [2.45, 2.75) is 19.8 Å². The van der Waals surface area contributed by atoms with Gasteiger partial charge < -0.3 is 9.30 Å². The zero-order chi connectivity index (χ0) is 22.6. The maximum absolute atomic E-state index is 12.3. The normalized spacial score (nSPS) is 11.3. The minimum Gasteiger partial charge on any atom is -0.465 e. The Morgan fingerprint density at radius 1 is 1.19 bits per heavy atom. The highest BCUT2D eigenvalue weighted by Crippen LogP contribution is 2.25. The number of aryl methyl sites for hydroxylation is 3. The molecule has 0 radical (unpaired) electrons. The third-order valence-corrected chi connectivity index (χ3v) is 6.08. The molecule has 0 N–H and O–H groups in total. The summed E-state index contributed by atoms with van der Waals surface area (Å²) < 4.78 is 32.4. The van der Waals surface area contributed by atoms with E-state index in [4.69, 9.17) is 10.00 Å². The van der Waals surface area contributed by atoms with Crippen LogP contribution in [0.5, 0.6) is 0 Å². The molecule has 9 heteroatoms. The van der Waals surface area contributed by atoms with Gasteiger partial charge in [0.2, 0.25) is 10.0 Å². The fraction of sp³-hybridized carbons (Fsp3) is 0.318. The Morgan fingerprint density at radius 3 is 2.52 bits per heavy atom. The summed E-state index contributed by atoms with van der Waals surface area (Å²) in [7, 11) is -1.77. The van der Waals surface area contributed by atoms with Crippen molar-refractivity contribution in [3.8, 4) is 6.07 Å². The van der Waals surface area contributed by atoms with Gasteiger partial charge in [0.05, 0.1) is 41.2 Å². The Bertz CT molecular complexity index is 1240. The van der Waals surface area contributed by atoms with E-state index in [1.54, 1.807) is 37.3 Å². The maximum Gasteiger partial charge on any atom is 0.326 e. The fourth-order valence-electron chi connectivity index (χ4n) is 3.34. The first-order chi connectivity index (χ1) is 14.7. The topological polar surface area (TPSA) is 105 Å². The molecule has 1 aromatic heterocycles. The minimum absolute atomic E-state index is 0.179. The number of rotatable bonds is 8. The second kappa shape index (κ2) is 9.18. The van der Waals surface area contributed by atoms with Gasteiger partial charge in [-0.3, -0.25) is 9.10 Å². The number of anilines is 1. The molecule has 162 valence electrons. The average molecular weight is 441 g/mol. The maximum atomic E-state index is 12.3. The molecule has 0 unspecified atom stereocenters. The third-order valence-electron chi connectivity index (χ3n) is 4.94. The van der Waals surface area contributed by atoms with Crippen molar-refractivity contribution in [3.05, 3.63) is 59.4 Å². The molecular weight excluding hydrogens is 416 g/mol. The number of benzene rings is 2. The highest BCUT2D eigenvalue weighted by molar-refractivity contribution is 7.92. The van der Waals surface area contributed by atoms with Crippen molar-refractivity contribution in [2.75, 3.05) is 23.7 Å². The van der Waals surface area contributed by atoms with Crippen LogP contribution in [0.4, 0.5) is 5.69 Å². The summed E-state index contributed by atoms with van der Waals surface area (Å²) in [5.41, 5.74) is 3.59. The van der Waals surface area contributed by atoms with Crippen molar-refractivity contribution >= 4 is 32.7 Å². The molecule has 3 aromatic rings. The van der Waals surface area contributed by atoms with Crippen LogP contribution >= 0.6 is 0 Å². The van der Waals surface area contributed by atoms with Gasteiger partial charge in [-0.1, -0.05) is 12.1 Å². The Labute approximate surface area is 181 Å². The number of sulfonamides is 1. The van der Waals surface area contributed by atoms with Gasteiger partial charge in [0.15, 0.2) is 0 Å². The van der Waals surface area contributed by atoms with Gasteiger partial charge in [-0.15, -0.1) is 0 Å².